The van der Waals surface area contributed by atoms with E-state index in [-0.39, 0.29) is 12.5 Å². The summed E-state index contributed by atoms with van der Waals surface area (Å²) in [6.07, 6.45) is 2.71. The SMILES string of the molecule is CCc1oc(C(=O)Nc2ccccc2N2CCC(CO)CC2)cc1C. The van der Waals surface area contributed by atoms with Crippen molar-refractivity contribution in [1.82, 2.24) is 0 Å². The fourth-order valence-corrected chi connectivity index (χ4v) is 3.38. The molecule has 2 aromatic rings. The number of furan rings is 1. The molecule has 3 rings (SSSR count). The zero-order valence-corrected chi connectivity index (χ0v) is 14.9. The summed E-state index contributed by atoms with van der Waals surface area (Å²) in [7, 11) is 0. The van der Waals surface area contributed by atoms with Crippen molar-refractivity contribution in [3.63, 3.8) is 0 Å². The zero-order chi connectivity index (χ0) is 17.8. The van der Waals surface area contributed by atoms with Gasteiger partial charge in [-0.2, -0.15) is 0 Å². The number of hydrogen-bond donors (Lipinski definition) is 2. The number of benzene rings is 1. The van der Waals surface area contributed by atoms with Gasteiger partial charge in [0.05, 0.1) is 11.4 Å². The highest BCUT2D eigenvalue weighted by Gasteiger charge is 2.22. The maximum Gasteiger partial charge on any atom is 0.291 e. The molecule has 0 radical (unpaired) electrons. The topological polar surface area (TPSA) is 65.7 Å². The Hall–Kier alpha value is -2.27. The van der Waals surface area contributed by atoms with Crippen LogP contribution in [0.3, 0.4) is 0 Å². The molecule has 2 N–H and O–H groups in total. The number of aliphatic hydroxyl groups excluding tert-OH is 1. The van der Waals surface area contributed by atoms with Gasteiger partial charge in [-0.25, -0.2) is 0 Å². The van der Waals surface area contributed by atoms with Crippen LogP contribution >= 0.6 is 0 Å². The number of aryl methyl sites for hydroxylation is 2. The van der Waals surface area contributed by atoms with E-state index in [1.54, 1.807) is 6.07 Å². The van der Waals surface area contributed by atoms with Gasteiger partial charge in [0.1, 0.15) is 5.76 Å². The molecule has 1 saturated heterocycles. The van der Waals surface area contributed by atoms with Gasteiger partial charge in [-0.15, -0.1) is 0 Å². The second kappa shape index (κ2) is 7.74. The molecule has 0 bridgehead atoms. The molecular weight excluding hydrogens is 316 g/mol. The van der Waals surface area contributed by atoms with Crippen molar-refractivity contribution in [2.45, 2.75) is 33.1 Å². The summed E-state index contributed by atoms with van der Waals surface area (Å²) in [6.45, 7) is 6.00. The number of para-hydroxylation sites is 2. The minimum atomic E-state index is -0.222. The molecule has 5 nitrogen and oxygen atoms in total. The van der Waals surface area contributed by atoms with E-state index in [9.17, 15) is 9.90 Å². The number of anilines is 2. The maximum atomic E-state index is 12.6. The summed E-state index contributed by atoms with van der Waals surface area (Å²) in [4.78, 5) is 14.8. The predicted molar refractivity (Wildman–Crippen MR) is 99.2 cm³/mol. The van der Waals surface area contributed by atoms with E-state index in [2.05, 4.69) is 10.2 Å². The number of carbonyl (C=O) groups is 1. The van der Waals surface area contributed by atoms with Crippen molar-refractivity contribution >= 4 is 17.3 Å². The zero-order valence-electron chi connectivity index (χ0n) is 14.9. The molecule has 1 aromatic heterocycles. The Balaban J connectivity index is 1.75. The average Bonchev–Trinajstić information content (AvgIpc) is 3.03. The Kier molecular flexibility index (Phi) is 5.43. The van der Waals surface area contributed by atoms with Crippen molar-refractivity contribution in [2.75, 3.05) is 29.9 Å². The molecule has 0 spiro atoms. The van der Waals surface area contributed by atoms with Gasteiger partial charge < -0.3 is 19.7 Å². The van der Waals surface area contributed by atoms with Crippen molar-refractivity contribution in [3.05, 3.63) is 47.4 Å². The second-order valence-electron chi connectivity index (χ2n) is 6.65. The molecule has 5 heteroatoms. The highest BCUT2D eigenvalue weighted by atomic mass is 16.4. The normalized spacial score (nSPS) is 15.4. The molecule has 1 aromatic carbocycles. The molecular formula is C20H26N2O3. The number of nitrogens with one attached hydrogen (secondary N) is 1. The maximum absolute atomic E-state index is 12.6. The van der Waals surface area contributed by atoms with E-state index < -0.39 is 0 Å². The van der Waals surface area contributed by atoms with Crippen LogP contribution in [0.15, 0.2) is 34.7 Å². The first-order valence-corrected chi connectivity index (χ1v) is 8.97. The van der Waals surface area contributed by atoms with Crippen molar-refractivity contribution < 1.29 is 14.3 Å². The molecule has 0 unspecified atom stereocenters. The van der Waals surface area contributed by atoms with Gasteiger partial charge in [-0.3, -0.25) is 4.79 Å². The number of piperidine rings is 1. The summed E-state index contributed by atoms with van der Waals surface area (Å²) in [6, 6.07) is 9.64. The number of aliphatic hydroxyl groups is 1. The van der Waals surface area contributed by atoms with Crippen LogP contribution in [0.5, 0.6) is 0 Å². The highest BCUT2D eigenvalue weighted by Crippen LogP contribution is 2.30. The van der Waals surface area contributed by atoms with Gasteiger partial charge in [0.2, 0.25) is 0 Å². The first kappa shape index (κ1) is 17.5. The molecule has 1 aliphatic rings. The van der Waals surface area contributed by atoms with Gasteiger partial charge in [0, 0.05) is 26.1 Å². The molecule has 25 heavy (non-hydrogen) atoms. The summed E-state index contributed by atoms with van der Waals surface area (Å²) in [5, 5.41) is 12.3. The molecule has 2 heterocycles. The van der Waals surface area contributed by atoms with E-state index in [0.29, 0.717) is 11.7 Å². The fourth-order valence-electron chi connectivity index (χ4n) is 3.38. The number of hydrogen-bond acceptors (Lipinski definition) is 4. The third-order valence-corrected chi connectivity index (χ3v) is 4.93. The minimum absolute atomic E-state index is 0.222. The Labute approximate surface area is 148 Å². The molecule has 0 saturated carbocycles. The van der Waals surface area contributed by atoms with Crippen molar-refractivity contribution in [1.29, 1.82) is 0 Å². The molecule has 0 aliphatic carbocycles. The van der Waals surface area contributed by atoms with E-state index in [1.165, 1.54) is 0 Å². The highest BCUT2D eigenvalue weighted by molar-refractivity contribution is 6.04. The lowest BCUT2D eigenvalue weighted by Gasteiger charge is -2.34. The van der Waals surface area contributed by atoms with Crippen LogP contribution in [0.25, 0.3) is 0 Å². The molecule has 0 atom stereocenters. The van der Waals surface area contributed by atoms with Crippen LogP contribution in [-0.2, 0) is 6.42 Å². The van der Waals surface area contributed by atoms with Crippen LogP contribution in [0.1, 0.15) is 41.6 Å². The number of rotatable bonds is 5. The van der Waals surface area contributed by atoms with E-state index in [1.807, 2.05) is 38.1 Å². The molecule has 134 valence electrons. The van der Waals surface area contributed by atoms with Gasteiger partial charge in [0.15, 0.2) is 5.76 Å². The van der Waals surface area contributed by atoms with Gasteiger partial charge >= 0.3 is 0 Å². The Bertz CT molecular complexity index is 730. The molecule has 1 fully saturated rings. The standard InChI is InChI=1S/C20H26N2O3/c1-3-18-14(2)12-19(25-18)20(24)21-16-6-4-5-7-17(16)22-10-8-15(13-23)9-11-22/h4-7,12,15,23H,3,8-11,13H2,1-2H3,(H,21,24). The smallest absolute Gasteiger partial charge is 0.291 e. The quantitative estimate of drug-likeness (QED) is 0.871. The van der Waals surface area contributed by atoms with Gasteiger partial charge in [-0.1, -0.05) is 19.1 Å². The van der Waals surface area contributed by atoms with E-state index in [0.717, 1.165) is 55.1 Å². The average molecular weight is 342 g/mol. The Morgan fingerprint density at radius 3 is 2.68 bits per heavy atom. The molecule has 1 aliphatic heterocycles. The summed E-state index contributed by atoms with van der Waals surface area (Å²) >= 11 is 0. The number of nitrogens with zero attached hydrogens (tertiary/aromatic N) is 1. The Morgan fingerprint density at radius 1 is 1.32 bits per heavy atom. The van der Waals surface area contributed by atoms with Gasteiger partial charge in [-0.05, 0) is 49.4 Å². The van der Waals surface area contributed by atoms with E-state index in [4.69, 9.17) is 4.42 Å². The van der Waals surface area contributed by atoms with Crippen molar-refractivity contribution in [3.8, 4) is 0 Å². The van der Waals surface area contributed by atoms with Crippen LogP contribution in [0.2, 0.25) is 0 Å². The first-order valence-electron chi connectivity index (χ1n) is 8.97. The van der Waals surface area contributed by atoms with Crippen LogP contribution < -0.4 is 10.2 Å². The third-order valence-electron chi connectivity index (χ3n) is 4.93. The summed E-state index contributed by atoms with van der Waals surface area (Å²) in [5.74, 6) is 1.37. The van der Waals surface area contributed by atoms with E-state index >= 15 is 0 Å². The number of amides is 1. The lowest BCUT2D eigenvalue weighted by atomic mass is 9.97. The monoisotopic (exact) mass is 342 g/mol. The van der Waals surface area contributed by atoms with Crippen LogP contribution in [0.4, 0.5) is 11.4 Å². The lowest BCUT2D eigenvalue weighted by Crippen LogP contribution is -2.35. The largest absolute Gasteiger partial charge is 0.456 e. The predicted octanol–water partition coefficient (Wildman–Crippen LogP) is 3.61. The molecule has 1 amide bonds. The first-order chi connectivity index (χ1) is 12.1. The third kappa shape index (κ3) is 3.87. The minimum Gasteiger partial charge on any atom is -0.456 e. The second-order valence-corrected chi connectivity index (χ2v) is 6.65. The van der Waals surface area contributed by atoms with Crippen LogP contribution in [-0.4, -0.2) is 30.7 Å². The fraction of sp³-hybridized carbons (Fsp3) is 0.450. The number of carbonyl (C=O) groups excluding carboxylic acids is 1. The summed E-state index contributed by atoms with van der Waals surface area (Å²) in [5.41, 5.74) is 2.82. The van der Waals surface area contributed by atoms with Crippen LogP contribution in [0, 0.1) is 12.8 Å². The Morgan fingerprint density at radius 2 is 2.04 bits per heavy atom. The lowest BCUT2D eigenvalue weighted by molar-refractivity contribution is 0.0995. The van der Waals surface area contributed by atoms with Crippen molar-refractivity contribution in [2.24, 2.45) is 5.92 Å². The summed E-state index contributed by atoms with van der Waals surface area (Å²) < 4.78 is 5.66. The van der Waals surface area contributed by atoms with Gasteiger partial charge in [0.25, 0.3) is 5.91 Å².